The zero-order valence-electron chi connectivity index (χ0n) is 23.4. The zero-order valence-corrected chi connectivity index (χ0v) is 23.4. The van der Waals surface area contributed by atoms with Crippen molar-refractivity contribution in [2.24, 2.45) is 16.0 Å². The molecule has 2 aromatic carbocycles. The standard InChI is InChI=1S/C28H42N6O5/c1-5-34(17-14-29)25-12-10-24(11-13-25)33-32-23-8-6-22(7-9-23)26(35)30-15-18-37-20-21-38-19-16-31-27(36)39-28(2,3)4/h6-13H,5,14-21,29H2,1-4H3,(H,30,35)(H,31,36). The smallest absolute Gasteiger partial charge is 0.407 e. The van der Waals surface area contributed by atoms with Gasteiger partial charge in [-0.3, -0.25) is 4.79 Å². The molecule has 0 heterocycles. The van der Waals surface area contributed by atoms with Crippen molar-refractivity contribution in [1.82, 2.24) is 10.6 Å². The maximum absolute atomic E-state index is 12.3. The van der Waals surface area contributed by atoms with E-state index in [4.69, 9.17) is 19.9 Å². The van der Waals surface area contributed by atoms with Crippen LogP contribution >= 0.6 is 0 Å². The van der Waals surface area contributed by atoms with E-state index in [2.05, 4.69) is 32.7 Å². The van der Waals surface area contributed by atoms with Gasteiger partial charge in [0.1, 0.15) is 5.60 Å². The van der Waals surface area contributed by atoms with Gasteiger partial charge in [-0.15, -0.1) is 0 Å². The van der Waals surface area contributed by atoms with Gasteiger partial charge in [-0.05, 0) is 76.2 Å². The molecule has 2 rings (SSSR count). The number of anilines is 1. The molecular weight excluding hydrogens is 500 g/mol. The van der Waals surface area contributed by atoms with Crippen LogP contribution < -0.4 is 21.3 Å². The molecule has 0 saturated carbocycles. The Balaban J connectivity index is 1.60. The lowest BCUT2D eigenvalue weighted by Gasteiger charge is -2.22. The van der Waals surface area contributed by atoms with Crippen molar-refractivity contribution in [1.29, 1.82) is 0 Å². The number of rotatable bonds is 16. The molecule has 0 bridgehead atoms. The van der Waals surface area contributed by atoms with E-state index in [9.17, 15) is 9.59 Å². The largest absolute Gasteiger partial charge is 0.444 e. The van der Waals surface area contributed by atoms with Crippen LogP contribution in [0.5, 0.6) is 0 Å². The highest BCUT2D eigenvalue weighted by Crippen LogP contribution is 2.22. The van der Waals surface area contributed by atoms with Gasteiger partial charge >= 0.3 is 6.09 Å². The van der Waals surface area contributed by atoms with Crippen LogP contribution in [-0.4, -0.2) is 76.8 Å². The predicted molar refractivity (Wildman–Crippen MR) is 152 cm³/mol. The van der Waals surface area contributed by atoms with Crippen molar-refractivity contribution in [3.05, 3.63) is 54.1 Å². The number of nitrogens with one attached hydrogen (secondary N) is 2. The van der Waals surface area contributed by atoms with Gasteiger partial charge in [-0.2, -0.15) is 10.2 Å². The maximum atomic E-state index is 12.3. The van der Waals surface area contributed by atoms with Crippen molar-refractivity contribution in [2.75, 3.05) is 64.1 Å². The topological polar surface area (TPSA) is 140 Å². The molecular formula is C28H42N6O5. The third-order valence-corrected chi connectivity index (χ3v) is 5.22. The van der Waals surface area contributed by atoms with Gasteiger partial charge in [0.25, 0.3) is 5.91 Å². The fraction of sp³-hybridized carbons (Fsp3) is 0.500. The highest BCUT2D eigenvalue weighted by Gasteiger charge is 2.15. The Bertz CT molecular complexity index is 1020. The number of hydrogen-bond acceptors (Lipinski definition) is 9. The van der Waals surface area contributed by atoms with Crippen LogP contribution in [0.1, 0.15) is 38.1 Å². The van der Waals surface area contributed by atoms with Gasteiger partial charge in [0, 0.05) is 44.0 Å². The van der Waals surface area contributed by atoms with Gasteiger partial charge < -0.3 is 35.5 Å². The van der Waals surface area contributed by atoms with Gasteiger partial charge in [-0.25, -0.2) is 4.79 Å². The number of azo groups is 1. The quantitative estimate of drug-likeness (QED) is 0.214. The molecule has 0 aromatic heterocycles. The SMILES string of the molecule is CCN(CCN)c1ccc(N=Nc2ccc(C(=O)NCCOCCOCCNC(=O)OC(C)(C)C)cc2)cc1. The Morgan fingerprint density at radius 2 is 1.38 bits per heavy atom. The first-order valence-electron chi connectivity index (χ1n) is 13.2. The van der Waals surface area contributed by atoms with E-state index in [1.807, 2.05) is 24.3 Å². The van der Waals surface area contributed by atoms with Gasteiger partial charge in [-0.1, -0.05) is 0 Å². The predicted octanol–water partition coefficient (Wildman–Crippen LogP) is 4.17. The average molecular weight is 543 g/mol. The van der Waals surface area contributed by atoms with E-state index in [1.165, 1.54) is 0 Å². The third kappa shape index (κ3) is 13.2. The highest BCUT2D eigenvalue weighted by molar-refractivity contribution is 5.94. The first-order chi connectivity index (χ1) is 18.7. The number of benzene rings is 2. The van der Waals surface area contributed by atoms with Crippen LogP contribution in [0, 0.1) is 0 Å². The molecule has 2 amide bonds. The van der Waals surface area contributed by atoms with Crippen LogP contribution in [0.2, 0.25) is 0 Å². The Hall–Kier alpha value is -3.54. The van der Waals surface area contributed by atoms with Crippen molar-refractivity contribution < 1.29 is 23.8 Å². The van der Waals surface area contributed by atoms with Crippen molar-refractivity contribution in [3.8, 4) is 0 Å². The molecule has 0 radical (unpaired) electrons. The molecule has 0 saturated heterocycles. The van der Waals surface area contributed by atoms with Gasteiger partial charge in [0.05, 0.1) is 37.8 Å². The molecule has 0 unspecified atom stereocenters. The Labute approximate surface area is 231 Å². The Kier molecular flexibility index (Phi) is 13.9. The number of nitrogens with zero attached hydrogens (tertiary/aromatic N) is 3. The van der Waals surface area contributed by atoms with Gasteiger partial charge in [0.2, 0.25) is 0 Å². The molecule has 11 nitrogen and oxygen atoms in total. The lowest BCUT2D eigenvalue weighted by Crippen LogP contribution is -2.34. The Morgan fingerprint density at radius 3 is 1.90 bits per heavy atom. The van der Waals surface area contributed by atoms with Crippen LogP contribution in [0.3, 0.4) is 0 Å². The zero-order chi connectivity index (χ0) is 28.5. The molecule has 0 atom stereocenters. The number of hydrogen-bond donors (Lipinski definition) is 3. The summed E-state index contributed by atoms with van der Waals surface area (Å²) in [6.07, 6.45) is -0.471. The molecule has 4 N–H and O–H groups in total. The minimum absolute atomic E-state index is 0.194. The lowest BCUT2D eigenvalue weighted by atomic mass is 10.2. The summed E-state index contributed by atoms with van der Waals surface area (Å²) in [5, 5.41) is 14.0. The number of carbonyl (C=O) groups is 2. The van der Waals surface area contributed by atoms with Gasteiger partial charge in [0.15, 0.2) is 0 Å². The Morgan fingerprint density at radius 1 is 0.846 bits per heavy atom. The number of amides is 2. The maximum Gasteiger partial charge on any atom is 0.407 e. The van der Waals surface area contributed by atoms with Crippen molar-refractivity contribution in [2.45, 2.75) is 33.3 Å². The number of alkyl carbamates (subject to hydrolysis) is 1. The fourth-order valence-corrected chi connectivity index (χ4v) is 3.35. The van der Waals surface area contributed by atoms with E-state index >= 15 is 0 Å². The summed E-state index contributed by atoms with van der Waals surface area (Å²) >= 11 is 0. The highest BCUT2D eigenvalue weighted by atomic mass is 16.6. The summed E-state index contributed by atoms with van der Waals surface area (Å²) in [4.78, 5) is 26.0. The second-order valence-electron chi connectivity index (χ2n) is 9.54. The first kappa shape index (κ1) is 31.7. The molecule has 2 aromatic rings. The fourth-order valence-electron chi connectivity index (χ4n) is 3.35. The second kappa shape index (κ2) is 17.1. The molecule has 0 fully saturated rings. The lowest BCUT2D eigenvalue weighted by molar-refractivity contribution is 0.0400. The summed E-state index contributed by atoms with van der Waals surface area (Å²) in [6.45, 7) is 12.0. The second-order valence-corrected chi connectivity index (χ2v) is 9.54. The van der Waals surface area contributed by atoms with E-state index in [0.717, 1.165) is 24.5 Å². The van der Waals surface area contributed by atoms with Crippen LogP contribution in [0.15, 0.2) is 58.8 Å². The normalized spacial score (nSPS) is 11.4. The van der Waals surface area contributed by atoms with E-state index in [1.54, 1.807) is 45.0 Å². The molecule has 0 spiro atoms. The summed E-state index contributed by atoms with van der Waals surface area (Å²) in [5.74, 6) is -0.194. The number of nitrogens with two attached hydrogens (primary N) is 1. The molecule has 39 heavy (non-hydrogen) atoms. The van der Waals surface area contributed by atoms with Crippen LogP contribution in [0.25, 0.3) is 0 Å². The number of ether oxygens (including phenoxy) is 3. The van der Waals surface area contributed by atoms with Crippen LogP contribution in [-0.2, 0) is 14.2 Å². The average Bonchev–Trinajstić information content (AvgIpc) is 2.91. The molecule has 0 aliphatic rings. The monoisotopic (exact) mass is 542 g/mol. The van der Waals surface area contributed by atoms with E-state index in [0.29, 0.717) is 57.3 Å². The number of likely N-dealkylation sites (N-methyl/N-ethyl adjacent to an activating group) is 1. The molecule has 214 valence electrons. The van der Waals surface area contributed by atoms with Crippen LogP contribution in [0.4, 0.5) is 21.9 Å². The van der Waals surface area contributed by atoms with Crippen molar-refractivity contribution >= 4 is 29.1 Å². The van der Waals surface area contributed by atoms with E-state index < -0.39 is 11.7 Å². The molecule has 0 aliphatic carbocycles. The first-order valence-corrected chi connectivity index (χ1v) is 13.2. The summed E-state index contributed by atoms with van der Waals surface area (Å²) in [6, 6.07) is 14.7. The summed E-state index contributed by atoms with van der Waals surface area (Å²) in [5.41, 5.74) is 8.16. The van der Waals surface area contributed by atoms with Crippen molar-refractivity contribution in [3.63, 3.8) is 0 Å². The summed E-state index contributed by atoms with van der Waals surface area (Å²) in [7, 11) is 0. The molecule has 11 heteroatoms. The third-order valence-electron chi connectivity index (χ3n) is 5.22. The number of carbonyl (C=O) groups excluding carboxylic acids is 2. The minimum Gasteiger partial charge on any atom is -0.444 e. The minimum atomic E-state index is -0.528. The van der Waals surface area contributed by atoms with E-state index in [-0.39, 0.29) is 5.91 Å². The summed E-state index contributed by atoms with van der Waals surface area (Å²) < 4.78 is 16.0. The molecule has 0 aliphatic heterocycles.